The van der Waals surface area contributed by atoms with E-state index in [2.05, 4.69) is 15.3 Å². The van der Waals surface area contributed by atoms with Crippen molar-refractivity contribution in [2.75, 3.05) is 25.0 Å². The Labute approximate surface area is 226 Å². The number of hydrogen-bond acceptors (Lipinski definition) is 7. The van der Waals surface area contributed by atoms with E-state index in [-0.39, 0.29) is 42.1 Å². The fourth-order valence-electron chi connectivity index (χ4n) is 4.49. The van der Waals surface area contributed by atoms with Gasteiger partial charge in [-0.2, -0.15) is 4.98 Å². The van der Waals surface area contributed by atoms with Gasteiger partial charge in [-0.1, -0.05) is 47.5 Å². The molecule has 39 heavy (non-hydrogen) atoms. The van der Waals surface area contributed by atoms with E-state index in [4.69, 9.17) is 4.74 Å². The Morgan fingerprint density at radius 1 is 1.08 bits per heavy atom. The lowest BCUT2D eigenvalue weighted by molar-refractivity contribution is 0.0544. The van der Waals surface area contributed by atoms with Gasteiger partial charge in [0.25, 0.3) is 10.0 Å². The molecule has 0 spiro atoms. The average molecular weight is 552 g/mol. The molecule has 2 aromatic carbocycles. The van der Waals surface area contributed by atoms with Gasteiger partial charge in [-0.05, 0) is 44.0 Å². The van der Waals surface area contributed by atoms with Gasteiger partial charge in [-0.3, -0.25) is 0 Å². The molecule has 4 aromatic rings. The van der Waals surface area contributed by atoms with Crippen LogP contribution in [-0.2, 0) is 21.4 Å². The molecule has 2 atom stereocenters. The van der Waals surface area contributed by atoms with Crippen LogP contribution in [0, 0.1) is 19.8 Å². The van der Waals surface area contributed by atoms with Gasteiger partial charge in [0.1, 0.15) is 12.8 Å². The topological polar surface area (TPSA) is 106 Å². The summed E-state index contributed by atoms with van der Waals surface area (Å²) < 4.78 is 47.9. The van der Waals surface area contributed by atoms with Gasteiger partial charge in [0.15, 0.2) is 5.65 Å². The first-order valence-corrected chi connectivity index (χ1v) is 14.2. The van der Waals surface area contributed by atoms with Crippen molar-refractivity contribution in [1.82, 2.24) is 18.8 Å². The van der Waals surface area contributed by atoms with E-state index in [1.54, 1.807) is 30.3 Å². The third kappa shape index (κ3) is 5.88. The number of halogens is 1. The molecular formula is C28H30FN5O4S. The first kappa shape index (κ1) is 26.6. The predicted octanol–water partition coefficient (Wildman–Crippen LogP) is 4.69. The highest BCUT2D eigenvalue weighted by Gasteiger charge is 2.32. The first-order chi connectivity index (χ1) is 18.7. The van der Waals surface area contributed by atoms with E-state index in [0.29, 0.717) is 18.4 Å². The Kier molecular flexibility index (Phi) is 7.51. The maximum Gasteiger partial charge on any atom is 0.410 e. The molecule has 3 heterocycles. The first-order valence-electron chi connectivity index (χ1n) is 12.7. The van der Waals surface area contributed by atoms with E-state index in [9.17, 15) is 17.6 Å². The average Bonchev–Trinajstić information content (AvgIpc) is 3.36. The molecule has 2 unspecified atom stereocenters. The number of fused-ring (bicyclic) bond motifs is 1. The van der Waals surface area contributed by atoms with Crippen molar-refractivity contribution in [3.05, 3.63) is 83.7 Å². The number of anilines is 1. The lowest BCUT2D eigenvalue weighted by Gasteiger charge is -2.34. The summed E-state index contributed by atoms with van der Waals surface area (Å²) in [6.45, 7) is 4.56. The second kappa shape index (κ2) is 11.0. The minimum atomic E-state index is -3.85. The third-order valence-corrected chi connectivity index (χ3v) is 8.59. The van der Waals surface area contributed by atoms with Gasteiger partial charge in [-0.15, -0.1) is 0 Å². The zero-order chi connectivity index (χ0) is 27.6. The summed E-state index contributed by atoms with van der Waals surface area (Å²) in [6, 6.07) is 15.9. The van der Waals surface area contributed by atoms with Crippen molar-refractivity contribution in [2.24, 2.45) is 5.92 Å². The van der Waals surface area contributed by atoms with Gasteiger partial charge < -0.3 is 15.0 Å². The number of aromatic nitrogens is 3. The minimum absolute atomic E-state index is 0.0589. The normalized spacial score (nSPS) is 17.8. The number of rotatable bonds is 7. The Hall–Kier alpha value is -3.99. The Bertz CT molecular complexity index is 1570. The van der Waals surface area contributed by atoms with Crippen molar-refractivity contribution in [3.63, 3.8) is 0 Å². The third-order valence-electron chi connectivity index (χ3n) is 6.91. The number of likely N-dealkylation sites (tertiary alicyclic amines) is 1. The number of alkyl halides is 1. The summed E-state index contributed by atoms with van der Waals surface area (Å²) in [5, 5.41) is 3.61. The molecule has 9 nitrogen and oxygen atoms in total. The fourth-order valence-corrected chi connectivity index (χ4v) is 5.79. The second-order valence-electron chi connectivity index (χ2n) is 9.83. The SMILES string of the molecule is Cc1ccc(COC(=O)N2CCC(CNc3ncc4ccn(S(=O)(=O)c5ccc(C)cc5)c4n3)C(F)C2)cc1. The second-order valence-corrected chi connectivity index (χ2v) is 11.6. The molecular weight excluding hydrogens is 521 g/mol. The van der Waals surface area contributed by atoms with Gasteiger partial charge in [0.05, 0.1) is 11.4 Å². The largest absolute Gasteiger partial charge is 0.445 e. The number of carbonyl (C=O) groups is 1. The van der Waals surface area contributed by atoms with Crippen LogP contribution in [0.25, 0.3) is 11.0 Å². The molecule has 1 N–H and O–H groups in total. The van der Waals surface area contributed by atoms with Crippen LogP contribution in [0.15, 0.2) is 71.9 Å². The number of hydrogen-bond donors (Lipinski definition) is 1. The van der Waals surface area contributed by atoms with Crippen LogP contribution in [0.2, 0.25) is 0 Å². The summed E-state index contributed by atoms with van der Waals surface area (Å²) >= 11 is 0. The van der Waals surface area contributed by atoms with Crippen LogP contribution in [0.4, 0.5) is 15.1 Å². The summed E-state index contributed by atoms with van der Waals surface area (Å²) in [4.78, 5) is 22.7. The highest BCUT2D eigenvalue weighted by Crippen LogP contribution is 2.24. The van der Waals surface area contributed by atoms with Crippen LogP contribution in [0.1, 0.15) is 23.1 Å². The summed E-state index contributed by atoms with van der Waals surface area (Å²) in [7, 11) is -3.85. The Morgan fingerprint density at radius 2 is 1.77 bits per heavy atom. The van der Waals surface area contributed by atoms with Gasteiger partial charge in [0.2, 0.25) is 5.95 Å². The lowest BCUT2D eigenvalue weighted by atomic mass is 9.95. The number of ether oxygens (including phenoxy) is 1. The van der Waals surface area contributed by atoms with Crippen molar-refractivity contribution >= 4 is 33.1 Å². The molecule has 1 amide bonds. The highest BCUT2D eigenvalue weighted by molar-refractivity contribution is 7.90. The van der Waals surface area contributed by atoms with Crippen molar-refractivity contribution < 1.29 is 22.3 Å². The van der Waals surface area contributed by atoms with Crippen molar-refractivity contribution in [2.45, 2.75) is 37.9 Å². The number of aryl methyl sites for hydroxylation is 2. The predicted molar refractivity (Wildman–Crippen MR) is 146 cm³/mol. The van der Waals surface area contributed by atoms with Crippen molar-refractivity contribution in [3.8, 4) is 0 Å². The molecule has 1 saturated heterocycles. The zero-order valence-corrected chi connectivity index (χ0v) is 22.6. The molecule has 0 aliphatic carbocycles. The minimum Gasteiger partial charge on any atom is -0.445 e. The molecule has 1 aliphatic rings. The lowest BCUT2D eigenvalue weighted by Crippen LogP contribution is -2.46. The maximum atomic E-state index is 15.0. The van der Waals surface area contributed by atoms with E-state index in [1.165, 1.54) is 17.3 Å². The molecule has 5 rings (SSSR count). The van der Waals surface area contributed by atoms with E-state index in [1.807, 2.05) is 38.1 Å². The molecule has 1 fully saturated rings. The molecule has 0 saturated carbocycles. The number of nitrogens with one attached hydrogen (secondary N) is 1. The van der Waals surface area contributed by atoms with E-state index >= 15 is 0 Å². The highest BCUT2D eigenvalue weighted by atomic mass is 32.2. The number of benzene rings is 2. The molecule has 1 aliphatic heterocycles. The molecule has 2 aromatic heterocycles. The van der Waals surface area contributed by atoms with Crippen LogP contribution in [0.5, 0.6) is 0 Å². The van der Waals surface area contributed by atoms with Gasteiger partial charge in [0, 0.05) is 36.8 Å². The van der Waals surface area contributed by atoms with Crippen molar-refractivity contribution in [1.29, 1.82) is 0 Å². The number of nitrogens with zero attached hydrogens (tertiary/aromatic N) is 4. The van der Waals surface area contributed by atoms with Crippen LogP contribution in [-0.4, -0.2) is 59.2 Å². The monoisotopic (exact) mass is 551 g/mol. The number of piperidine rings is 1. The summed E-state index contributed by atoms with van der Waals surface area (Å²) in [6.07, 6.45) is 1.63. The van der Waals surface area contributed by atoms with Crippen LogP contribution in [0.3, 0.4) is 0 Å². The summed E-state index contributed by atoms with van der Waals surface area (Å²) in [5.74, 6) is -0.165. The molecule has 11 heteroatoms. The quantitative estimate of drug-likeness (QED) is 0.355. The Balaban J connectivity index is 1.19. The molecule has 0 radical (unpaired) electrons. The standard InChI is InChI=1S/C28H30FN5O4S/c1-19-3-7-21(8-4-19)18-38-28(35)33-13-11-22(25(29)17-33)15-30-27-31-16-23-12-14-34(26(23)32-27)39(36,37)24-9-5-20(2)6-10-24/h3-10,12,14,16,22,25H,11,13,15,17-18H2,1-2H3,(H,30,31,32). The zero-order valence-electron chi connectivity index (χ0n) is 21.7. The fraction of sp³-hybridized carbons (Fsp3) is 0.321. The van der Waals surface area contributed by atoms with E-state index < -0.39 is 22.3 Å². The smallest absolute Gasteiger partial charge is 0.410 e. The number of amides is 1. The van der Waals surface area contributed by atoms with Crippen LogP contribution < -0.4 is 5.32 Å². The van der Waals surface area contributed by atoms with Gasteiger partial charge >= 0.3 is 6.09 Å². The maximum absolute atomic E-state index is 15.0. The molecule has 204 valence electrons. The number of carbonyl (C=O) groups excluding carboxylic acids is 1. The van der Waals surface area contributed by atoms with E-state index in [0.717, 1.165) is 20.7 Å². The molecule has 0 bridgehead atoms. The van der Waals surface area contributed by atoms with Gasteiger partial charge in [-0.25, -0.2) is 26.6 Å². The summed E-state index contributed by atoms with van der Waals surface area (Å²) in [5.41, 5.74) is 3.18. The van der Waals surface area contributed by atoms with Crippen LogP contribution >= 0.6 is 0 Å². The Morgan fingerprint density at radius 3 is 2.46 bits per heavy atom.